The number of hydrogen-bond donors (Lipinski definition) is 1. The zero-order valence-electron chi connectivity index (χ0n) is 16.6. The van der Waals surface area contributed by atoms with E-state index in [1.807, 2.05) is 32.6 Å². The number of hydrogen-bond acceptors (Lipinski definition) is 6. The number of morpholine rings is 1. The minimum Gasteiger partial charge on any atom is -0.480 e. The van der Waals surface area contributed by atoms with Gasteiger partial charge in [0.05, 0.1) is 19.8 Å². The Kier molecular flexibility index (Phi) is 6.87. The molecule has 8 heteroatoms. The van der Waals surface area contributed by atoms with Crippen LogP contribution in [0.25, 0.3) is 0 Å². The van der Waals surface area contributed by atoms with E-state index in [9.17, 15) is 14.7 Å². The fourth-order valence-corrected chi connectivity index (χ4v) is 3.53. The summed E-state index contributed by atoms with van der Waals surface area (Å²) in [5.74, 6) is -0.844. The number of aliphatic carboxylic acids is 1. The van der Waals surface area contributed by atoms with E-state index < -0.39 is 11.6 Å². The Labute approximate surface area is 156 Å². The Hall–Kier alpha value is -1.38. The zero-order chi connectivity index (χ0) is 19.5. The average molecular weight is 371 g/mol. The Bertz CT molecular complexity index is 508. The molecule has 2 saturated heterocycles. The molecule has 0 aromatic rings. The van der Waals surface area contributed by atoms with Gasteiger partial charge in [-0.3, -0.25) is 14.6 Å². The van der Waals surface area contributed by atoms with Crippen LogP contribution < -0.4 is 0 Å². The molecule has 1 unspecified atom stereocenters. The van der Waals surface area contributed by atoms with E-state index in [4.69, 9.17) is 9.47 Å². The van der Waals surface area contributed by atoms with Crippen LogP contribution in [0.2, 0.25) is 0 Å². The molecule has 0 aromatic heterocycles. The molecule has 8 nitrogen and oxygen atoms in total. The van der Waals surface area contributed by atoms with Crippen LogP contribution in [0, 0.1) is 0 Å². The molecule has 26 heavy (non-hydrogen) atoms. The van der Waals surface area contributed by atoms with Gasteiger partial charge in [-0.1, -0.05) is 0 Å². The van der Waals surface area contributed by atoms with Crippen LogP contribution in [0.5, 0.6) is 0 Å². The molecule has 0 saturated carbocycles. The first kappa shape index (κ1) is 20.9. The van der Waals surface area contributed by atoms with E-state index in [1.165, 1.54) is 0 Å². The van der Waals surface area contributed by atoms with Crippen molar-refractivity contribution < 1.29 is 24.2 Å². The van der Waals surface area contributed by atoms with E-state index in [0.717, 1.165) is 6.54 Å². The van der Waals surface area contributed by atoms with Crippen LogP contribution in [-0.4, -0.2) is 102 Å². The van der Waals surface area contributed by atoms with Gasteiger partial charge in [0, 0.05) is 44.3 Å². The van der Waals surface area contributed by atoms with E-state index in [1.54, 1.807) is 4.90 Å². The smallest absolute Gasteiger partial charge is 0.410 e. The topological polar surface area (TPSA) is 82.6 Å². The predicted octanol–water partition coefficient (Wildman–Crippen LogP) is 1.10. The fourth-order valence-electron chi connectivity index (χ4n) is 3.53. The summed E-state index contributed by atoms with van der Waals surface area (Å²) in [5.41, 5.74) is -0.552. The minimum atomic E-state index is -0.844. The molecule has 2 heterocycles. The maximum absolute atomic E-state index is 12.6. The van der Waals surface area contributed by atoms with Crippen molar-refractivity contribution in [1.29, 1.82) is 0 Å². The minimum absolute atomic E-state index is 0.0180. The van der Waals surface area contributed by atoms with Crippen molar-refractivity contribution in [3.05, 3.63) is 0 Å². The van der Waals surface area contributed by atoms with Crippen LogP contribution in [-0.2, 0) is 14.3 Å². The number of piperazine rings is 1. The van der Waals surface area contributed by atoms with Crippen molar-refractivity contribution in [1.82, 2.24) is 14.7 Å². The molecule has 2 aliphatic rings. The molecule has 1 amide bonds. The van der Waals surface area contributed by atoms with Crippen molar-refractivity contribution in [2.24, 2.45) is 0 Å². The summed E-state index contributed by atoms with van der Waals surface area (Å²) < 4.78 is 11.0. The normalized spacial score (nSPS) is 28.8. The second-order valence-electron chi connectivity index (χ2n) is 8.38. The summed E-state index contributed by atoms with van der Waals surface area (Å²) in [6.45, 7) is 13.5. The highest BCUT2D eigenvalue weighted by Gasteiger charge is 2.38. The maximum atomic E-state index is 12.6. The SMILES string of the molecule is C[C@@H]1COCCN1CC1CN(C(=O)OC(C)(C)C)[C@H](C)CN1CC(=O)O. The van der Waals surface area contributed by atoms with Crippen molar-refractivity contribution in [3.63, 3.8) is 0 Å². The van der Waals surface area contributed by atoms with Gasteiger partial charge in [0.15, 0.2) is 0 Å². The molecule has 0 spiro atoms. The quantitative estimate of drug-likeness (QED) is 0.792. The lowest BCUT2D eigenvalue weighted by atomic mass is 10.1. The standard InChI is InChI=1S/C18H33N3O5/c1-13-8-20(11-16(22)23)15(9-19-6-7-25-12-14(19)2)10-21(13)17(24)26-18(3,4)5/h13-15H,6-12H2,1-5H3,(H,22,23)/t13-,14-,15?/m1/s1. The molecule has 1 N–H and O–H groups in total. The largest absolute Gasteiger partial charge is 0.480 e. The van der Waals surface area contributed by atoms with Gasteiger partial charge in [-0.05, 0) is 34.6 Å². The molecule has 2 fully saturated rings. The first-order valence-corrected chi connectivity index (χ1v) is 9.34. The highest BCUT2D eigenvalue weighted by molar-refractivity contribution is 5.70. The molecule has 3 atom stereocenters. The second kappa shape index (κ2) is 8.54. The van der Waals surface area contributed by atoms with E-state index in [2.05, 4.69) is 11.8 Å². The van der Waals surface area contributed by atoms with Gasteiger partial charge >= 0.3 is 12.1 Å². The van der Waals surface area contributed by atoms with Crippen molar-refractivity contribution in [2.45, 2.75) is 58.3 Å². The van der Waals surface area contributed by atoms with Gasteiger partial charge in [-0.25, -0.2) is 4.79 Å². The molecule has 0 radical (unpaired) electrons. The van der Waals surface area contributed by atoms with Gasteiger partial charge in [-0.2, -0.15) is 0 Å². The number of ether oxygens (including phenoxy) is 2. The number of carboxylic acid groups (broad SMARTS) is 1. The van der Waals surface area contributed by atoms with Gasteiger partial charge in [0.25, 0.3) is 0 Å². The Morgan fingerprint density at radius 3 is 2.42 bits per heavy atom. The lowest BCUT2D eigenvalue weighted by Crippen LogP contribution is -2.63. The second-order valence-corrected chi connectivity index (χ2v) is 8.38. The Balaban J connectivity index is 2.10. The molecule has 2 aliphatic heterocycles. The van der Waals surface area contributed by atoms with Crippen molar-refractivity contribution >= 4 is 12.1 Å². The fraction of sp³-hybridized carbons (Fsp3) is 0.889. The third kappa shape index (κ3) is 5.82. The van der Waals surface area contributed by atoms with Gasteiger partial charge < -0.3 is 19.5 Å². The van der Waals surface area contributed by atoms with Crippen LogP contribution in [0.15, 0.2) is 0 Å². The highest BCUT2D eigenvalue weighted by atomic mass is 16.6. The average Bonchev–Trinajstić information content (AvgIpc) is 2.49. The maximum Gasteiger partial charge on any atom is 0.410 e. The number of rotatable bonds is 4. The zero-order valence-corrected chi connectivity index (χ0v) is 16.6. The summed E-state index contributed by atoms with van der Waals surface area (Å²) >= 11 is 0. The lowest BCUT2D eigenvalue weighted by Gasteiger charge is -2.47. The van der Waals surface area contributed by atoms with Crippen LogP contribution in [0.1, 0.15) is 34.6 Å². The number of carbonyl (C=O) groups excluding carboxylic acids is 1. The highest BCUT2D eigenvalue weighted by Crippen LogP contribution is 2.21. The molecular formula is C18H33N3O5. The van der Waals surface area contributed by atoms with Crippen molar-refractivity contribution in [2.75, 3.05) is 45.9 Å². The monoisotopic (exact) mass is 371 g/mol. The predicted molar refractivity (Wildman–Crippen MR) is 97.3 cm³/mol. The first-order chi connectivity index (χ1) is 12.1. The van der Waals surface area contributed by atoms with Crippen LogP contribution in [0.3, 0.4) is 0 Å². The first-order valence-electron chi connectivity index (χ1n) is 9.34. The Morgan fingerprint density at radius 2 is 1.85 bits per heavy atom. The van der Waals surface area contributed by atoms with E-state index in [0.29, 0.717) is 32.8 Å². The van der Waals surface area contributed by atoms with Gasteiger partial charge in [-0.15, -0.1) is 0 Å². The number of nitrogens with zero attached hydrogens (tertiary/aromatic N) is 3. The van der Waals surface area contributed by atoms with E-state index >= 15 is 0 Å². The van der Waals surface area contributed by atoms with Gasteiger partial charge in [0.1, 0.15) is 5.60 Å². The number of carbonyl (C=O) groups is 2. The summed E-state index contributed by atoms with van der Waals surface area (Å²) in [4.78, 5) is 29.9. The summed E-state index contributed by atoms with van der Waals surface area (Å²) in [6, 6.07) is 0.141. The molecule has 0 aliphatic carbocycles. The lowest BCUT2D eigenvalue weighted by molar-refractivity contribution is -0.140. The molecule has 150 valence electrons. The summed E-state index contributed by atoms with van der Waals surface area (Å²) in [5, 5.41) is 9.28. The molecule has 0 bridgehead atoms. The number of amides is 1. The summed E-state index contributed by atoms with van der Waals surface area (Å²) in [7, 11) is 0. The molecule has 2 rings (SSSR count). The van der Waals surface area contributed by atoms with Crippen LogP contribution >= 0.6 is 0 Å². The van der Waals surface area contributed by atoms with Gasteiger partial charge in [0.2, 0.25) is 0 Å². The summed E-state index contributed by atoms with van der Waals surface area (Å²) in [6.07, 6.45) is -0.333. The number of carboxylic acids is 1. The van der Waals surface area contributed by atoms with Crippen LogP contribution in [0.4, 0.5) is 4.79 Å². The Morgan fingerprint density at radius 1 is 1.15 bits per heavy atom. The van der Waals surface area contributed by atoms with Crippen molar-refractivity contribution in [3.8, 4) is 0 Å². The van der Waals surface area contributed by atoms with E-state index in [-0.39, 0.29) is 30.8 Å². The molecular weight excluding hydrogens is 338 g/mol. The molecule has 0 aromatic carbocycles. The third-order valence-corrected chi connectivity index (χ3v) is 4.87. The third-order valence-electron chi connectivity index (χ3n) is 4.87.